The van der Waals surface area contributed by atoms with Crippen molar-refractivity contribution < 1.29 is 9.84 Å². The molecular formula is C13H16N2O2. The molecule has 1 N–H and O–H groups in total. The van der Waals surface area contributed by atoms with Crippen molar-refractivity contribution >= 4 is 0 Å². The Balaban J connectivity index is 2.37. The second-order valence-corrected chi connectivity index (χ2v) is 3.85. The van der Waals surface area contributed by atoms with Crippen molar-refractivity contribution in [2.24, 2.45) is 0 Å². The first-order chi connectivity index (χ1) is 8.24. The Morgan fingerprint density at radius 1 is 1.29 bits per heavy atom. The van der Waals surface area contributed by atoms with E-state index in [2.05, 4.69) is 12.0 Å². The molecule has 0 fully saturated rings. The molecule has 0 spiro atoms. The second-order valence-electron chi connectivity index (χ2n) is 3.85. The molecule has 1 aromatic carbocycles. The molecule has 4 heteroatoms. The van der Waals surface area contributed by atoms with Crippen molar-refractivity contribution in [1.82, 2.24) is 9.78 Å². The molecule has 0 aliphatic rings. The Bertz CT molecular complexity index is 489. The maximum atomic E-state index is 9.47. The van der Waals surface area contributed by atoms with Crippen LogP contribution in [0.1, 0.15) is 19.0 Å². The van der Waals surface area contributed by atoms with Crippen molar-refractivity contribution in [3.63, 3.8) is 0 Å². The number of benzene rings is 1. The van der Waals surface area contributed by atoms with Gasteiger partial charge in [0.1, 0.15) is 5.75 Å². The highest BCUT2D eigenvalue weighted by molar-refractivity contribution is 5.39. The minimum atomic E-state index is 0.0595. The number of methoxy groups -OCH3 is 1. The second kappa shape index (κ2) is 4.91. The van der Waals surface area contributed by atoms with Gasteiger partial charge in [-0.25, -0.2) is 4.68 Å². The summed E-state index contributed by atoms with van der Waals surface area (Å²) in [4.78, 5) is 0. The van der Waals surface area contributed by atoms with Crippen molar-refractivity contribution in [1.29, 1.82) is 0 Å². The van der Waals surface area contributed by atoms with Gasteiger partial charge < -0.3 is 9.84 Å². The molecule has 0 atom stereocenters. The highest BCUT2D eigenvalue weighted by atomic mass is 16.5. The Morgan fingerprint density at radius 2 is 2.00 bits per heavy atom. The molecule has 90 valence electrons. The van der Waals surface area contributed by atoms with Crippen LogP contribution in [0.2, 0.25) is 0 Å². The number of ether oxygens (including phenoxy) is 1. The predicted octanol–water partition coefficient (Wildman–Crippen LogP) is 2.54. The largest absolute Gasteiger partial charge is 0.497 e. The summed E-state index contributed by atoms with van der Waals surface area (Å²) < 4.78 is 6.87. The summed E-state index contributed by atoms with van der Waals surface area (Å²) in [6.45, 7) is 2.10. The van der Waals surface area contributed by atoms with E-state index in [0.29, 0.717) is 0 Å². The van der Waals surface area contributed by atoms with E-state index < -0.39 is 0 Å². The smallest absolute Gasteiger partial charge is 0.230 e. The third-order valence-electron chi connectivity index (χ3n) is 2.59. The summed E-state index contributed by atoms with van der Waals surface area (Å²) in [6, 6.07) is 9.30. The van der Waals surface area contributed by atoms with Gasteiger partial charge in [-0.05, 0) is 30.7 Å². The molecule has 4 nitrogen and oxygen atoms in total. The summed E-state index contributed by atoms with van der Waals surface area (Å²) in [6.07, 6.45) is 1.90. The highest BCUT2D eigenvalue weighted by Gasteiger charge is 2.08. The van der Waals surface area contributed by atoms with Crippen LogP contribution >= 0.6 is 0 Å². The third-order valence-corrected chi connectivity index (χ3v) is 2.59. The quantitative estimate of drug-likeness (QED) is 0.881. The van der Waals surface area contributed by atoms with Crippen LogP contribution in [0.4, 0.5) is 0 Å². The van der Waals surface area contributed by atoms with Gasteiger partial charge in [0.25, 0.3) is 0 Å². The SMILES string of the molecule is CCCc1cc(O)nn1-c1ccc(OC)cc1. The normalized spacial score (nSPS) is 10.5. The zero-order valence-electron chi connectivity index (χ0n) is 10.1. The Kier molecular flexibility index (Phi) is 3.32. The van der Waals surface area contributed by atoms with E-state index in [4.69, 9.17) is 4.74 Å². The molecule has 2 aromatic rings. The van der Waals surface area contributed by atoms with Crippen LogP contribution in [0, 0.1) is 0 Å². The van der Waals surface area contributed by atoms with E-state index in [1.54, 1.807) is 17.9 Å². The number of hydrogen-bond acceptors (Lipinski definition) is 3. The zero-order valence-corrected chi connectivity index (χ0v) is 10.1. The lowest BCUT2D eigenvalue weighted by atomic mass is 10.2. The molecule has 0 saturated heterocycles. The van der Waals surface area contributed by atoms with Crippen molar-refractivity contribution in [3.05, 3.63) is 36.0 Å². The fourth-order valence-electron chi connectivity index (χ4n) is 1.79. The molecule has 1 heterocycles. The van der Waals surface area contributed by atoms with Crippen LogP contribution in [-0.4, -0.2) is 22.0 Å². The van der Waals surface area contributed by atoms with Crippen LogP contribution in [0.5, 0.6) is 11.6 Å². The molecule has 2 rings (SSSR count). The maximum Gasteiger partial charge on any atom is 0.230 e. The van der Waals surface area contributed by atoms with E-state index in [1.165, 1.54) is 0 Å². The molecule has 0 unspecified atom stereocenters. The third kappa shape index (κ3) is 2.41. The van der Waals surface area contributed by atoms with E-state index in [-0.39, 0.29) is 5.88 Å². The number of nitrogens with zero attached hydrogens (tertiary/aromatic N) is 2. The molecule has 0 aliphatic heterocycles. The van der Waals surface area contributed by atoms with Crippen molar-refractivity contribution in [2.45, 2.75) is 19.8 Å². The standard InChI is InChI=1S/C13H16N2O2/c1-3-4-11-9-13(16)14-15(11)10-5-7-12(17-2)8-6-10/h5-9H,3-4H2,1-2H3,(H,14,16). The highest BCUT2D eigenvalue weighted by Crippen LogP contribution is 2.20. The maximum absolute atomic E-state index is 9.47. The fourth-order valence-corrected chi connectivity index (χ4v) is 1.79. The predicted molar refractivity (Wildman–Crippen MR) is 65.8 cm³/mol. The van der Waals surface area contributed by atoms with E-state index >= 15 is 0 Å². The number of rotatable bonds is 4. The number of aromatic nitrogens is 2. The average molecular weight is 232 g/mol. The van der Waals surface area contributed by atoms with Gasteiger partial charge in [0.05, 0.1) is 12.8 Å². The van der Waals surface area contributed by atoms with Crippen LogP contribution in [-0.2, 0) is 6.42 Å². The van der Waals surface area contributed by atoms with E-state index in [9.17, 15) is 5.11 Å². The molecule has 17 heavy (non-hydrogen) atoms. The van der Waals surface area contributed by atoms with Crippen LogP contribution in [0.15, 0.2) is 30.3 Å². The minimum absolute atomic E-state index is 0.0595. The first kappa shape index (κ1) is 11.5. The van der Waals surface area contributed by atoms with Gasteiger partial charge in [-0.1, -0.05) is 13.3 Å². The lowest BCUT2D eigenvalue weighted by molar-refractivity contribution is 0.414. The van der Waals surface area contributed by atoms with E-state index in [0.717, 1.165) is 30.0 Å². The molecular weight excluding hydrogens is 216 g/mol. The van der Waals surface area contributed by atoms with Gasteiger partial charge in [-0.2, -0.15) is 0 Å². The van der Waals surface area contributed by atoms with Gasteiger partial charge in [0, 0.05) is 11.8 Å². The number of aryl methyl sites for hydroxylation is 1. The Hall–Kier alpha value is -1.97. The molecule has 0 bridgehead atoms. The zero-order chi connectivity index (χ0) is 12.3. The Labute approximate surface area is 100 Å². The Morgan fingerprint density at radius 3 is 2.59 bits per heavy atom. The lowest BCUT2D eigenvalue weighted by Crippen LogP contribution is -2.01. The van der Waals surface area contributed by atoms with Gasteiger partial charge in [0.15, 0.2) is 0 Å². The average Bonchev–Trinajstić information content (AvgIpc) is 2.71. The fraction of sp³-hybridized carbons (Fsp3) is 0.308. The van der Waals surface area contributed by atoms with E-state index in [1.807, 2.05) is 24.3 Å². The summed E-state index contributed by atoms with van der Waals surface area (Å²) in [5.74, 6) is 0.867. The first-order valence-corrected chi connectivity index (χ1v) is 5.67. The van der Waals surface area contributed by atoms with Crippen LogP contribution in [0.25, 0.3) is 5.69 Å². The van der Waals surface area contributed by atoms with Crippen LogP contribution < -0.4 is 4.74 Å². The van der Waals surface area contributed by atoms with Crippen molar-refractivity contribution in [2.75, 3.05) is 7.11 Å². The van der Waals surface area contributed by atoms with Gasteiger partial charge >= 0.3 is 0 Å². The monoisotopic (exact) mass is 232 g/mol. The minimum Gasteiger partial charge on any atom is -0.497 e. The molecule has 1 aromatic heterocycles. The summed E-state index contributed by atoms with van der Waals surface area (Å²) in [5, 5.41) is 13.6. The summed E-state index contributed by atoms with van der Waals surface area (Å²) >= 11 is 0. The van der Waals surface area contributed by atoms with Gasteiger partial charge in [0.2, 0.25) is 5.88 Å². The summed E-state index contributed by atoms with van der Waals surface area (Å²) in [7, 11) is 1.64. The molecule has 0 amide bonds. The van der Waals surface area contributed by atoms with Gasteiger partial charge in [-0.15, -0.1) is 5.10 Å². The summed E-state index contributed by atoms with van der Waals surface area (Å²) in [5.41, 5.74) is 1.93. The molecule has 0 radical (unpaired) electrons. The molecule has 0 saturated carbocycles. The topological polar surface area (TPSA) is 47.3 Å². The first-order valence-electron chi connectivity index (χ1n) is 5.67. The van der Waals surface area contributed by atoms with Gasteiger partial charge in [-0.3, -0.25) is 0 Å². The number of aromatic hydroxyl groups is 1. The lowest BCUT2D eigenvalue weighted by Gasteiger charge is -2.07. The number of hydrogen-bond donors (Lipinski definition) is 1. The van der Waals surface area contributed by atoms with Crippen molar-refractivity contribution in [3.8, 4) is 17.3 Å². The molecule has 0 aliphatic carbocycles. The van der Waals surface area contributed by atoms with Crippen LogP contribution in [0.3, 0.4) is 0 Å².